The zero-order chi connectivity index (χ0) is 12.7. The lowest BCUT2D eigenvalue weighted by Crippen LogP contribution is -1.94. The molecule has 0 aliphatic rings. The maximum absolute atomic E-state index is 10.7. The number of nitrogens with one attached hydrogen (secondary N) is 1. The first-order valence-corrected chi connectivity index (χ1v) is 5.50. The van der Waals surface area contributed by atoms with Crippen molar-refractivity contribution in [2.24, 2.45) is 0 Å². The van der Waals surface area contributed by atoms with Gasteiger partial charge in [0.05, 0.1) is 5.02 Å². The number of carboxylic acid groups (broad SMARTS) is 1. The van der Waals surface area contributed by atoms with Crippen molar-refractivity contribution in [3.05, 3.63) is 41.2 Å². The van der Waals surface area contributed by atoms with E-state index in [2.05, 4.69) is 10.1 Å². The fourth-order valence-electron chi connectivity index (χ4n) is 1.76. The third-order valence-electron chi connectivity index (χ3n) is 2.65. The van der Waals surface area contributed by atoms with Crippen LogP contribution in [0.25, 0.3) is 22.2 Å². The lowest BCUT2D eigenvalue weighted by atomic mass is 10.1. The third kappa shape index (κ3) is 1.65. The Morgan fingerprint density at radius 2 is 2.22 bits per heavy atom. The molecule has 2 heterocycles. The van der Waals surface area contributed by atoms with Crippen molar-refractivity contribution in [1.82, 2.24) is 10.1 Å². The van der Waals surface area contributed by atoms with Crippen molar-refractivity contribution in [2.45, 2.75) is 0 Å². The molecule has 0 aliphatic heterocycles. The zero-order valence-corrected chi connectivity index (χ0v) is 9.73. The fourth-order valence-corrected chi connectivity index (χ4v) is 1.98. The highest BCUT2D eigenvalue weighted by molar-refractivity contribution is 6.35. The van der Waals surface area contributed by atoms with Gasteiger partial charge in [-0.25, -0.2) is 4.79 Å². The largest absolute Gasteiger partial charge is 0.476 e. The first-order valence-electron chi connectivity index (χ1n) is 5.12. The Kier molecular flexibility index (Phi) is 2.34. The Bertz CT molecular complexity index is 745. The topological polar surface area (TPSA) is 79.1 Å². The molecule has 6 heteroatoms. The molecule has 3 rings (SSSR count). The minimum atomic E-state index is -1.12. The quantitative estimate of drug-likeness (QED) is 0.743. The van der Waals surface area contributed by atoms with E-state index in [0.29, 0.717) is 10.8 Å². The van der Waals surface area contributed by atoms with Crippen LogP contribution >= 0.6 is 11.6 Å². The summed E-state index contributed by atoms with van der Waals surface area (Å²) in [5.41, 5.74) is 1.47. The molecular formula is C12H7ClN2O3. The number of aromatic amines is 1. The number of nitrogens with zero attached hydrogens (tertiary/aromatic N) is 1. The SMILES string of the molecule is O=C(O)c1cc(-c2ccc3c(Cl)c[nH]c3c2)on1. The Hall–Kier alpha value is -2.27. The minimum absolute atomic E-state index is 0.116. The summed E-state index contributed by atoms with van der Waals surface area (Å²) in [5.74, 6) is -0.714. The Morgan fingerprint density at radius 1 is 1.39 bits per heavy atom. The summed E-state index contributed by atoms with van der Waals surface area (Å²) < 4.78 is 4.99. The number of rotatable bonds is 2. The van der Waals surface area contributed by atoms with Gasteiger partial charge in [0.15, 0.2) is 11.5 Å². The van der Waals surface area contributed by atoms with Crippen molar-refractivity contribution in [1.29, 1.82) is 0 Å². The maximum Gasteiger partial charge on any atom is 0.358 e. The summed E-state index contributed by atoms with van der Waals surface area (Å²) in [5, 5.41) is 13.8. The highest BCUT2D eigenvalue weighted by atomic mass is 35.5. The van der Waals surface area contributed by atoms with Crippen LogP contribution in [0, 0.1) is 0 Å². The average molecular weight is 263 g/mol. The van der Waals surface area contributed by atoms with Gasteiger partial charge in [-0.3, -0.25) is 0 Å². The van der Waals surface area contributed by atoms with E-state index in [9.17, 15) is 4.79 Å². The van der Waals surface area contributed by atoms with Crippen molar-refractivity contribution in [2.75, 3.05) is 0 Å². The molecule has 18 heavy (non-hydrogen) atoms. The van der Waals surface area contributed by atoms with Crippen molar-refractivity contribution < 1.29 is 14.4 Å². The molecule has 0 saturated carbocycles. The second-order valence-electron chi connectivity index (χ2n) is 3.78. The first kappa shape index (κ1) is 10.9. The smallest absolute Gasteiger partial charge is 0.358 e. The number of carboxylic acids is 1. The molecule has 0 spiro atoms. The van der Waals surface area contributed by atoms with Gasteiger partial charge in [-0.15, -0.1) is 0 Å². The van der Waals surface area contributed by atoms with Gasteiger partial charge in [0.2, 0.25) is 0 Å². The van der Waals surface area contributed by atoms with Crippen LogP contribution in [0.3, 0.4) is 0 Å². The van der Waals surface area contributed by atoms with Crippen molar-refractivity contribution in [3.8, 4) is 11.3 Å². The highest BCUT2D eigenvalue weighted by Gasteiger charge is 2.13. The number of hydrogen-bond donors (Lipinski definition) is 2. The zero-order valence-electron chi connectivity index (χ0n) is 8.98. The molecule has 2 aromatic heterocycles. The van der Waals surface area contributed by atoms with Crippen LogP contribution in [0.5, 0.6) is 0 Å². The third-order valence-corrected chi connectivity index (χ3v) is 2.96. The van der Waals surface area contributed by atoms with Gasteiger partial charge in [-0.1, -0.05) is 28.9 Å². The van der Waals surface area contributed by atoms with Crippen molar-refractivity contribution >= 4 is 28.5 Å². The Balaban J connectivity index is 2.10. The number of aromatic nitrogens is 2. The molecule has 1 aromatic carbocycles. The predicted octanol–water partition coefficient (Wildman–Crippen LogP) is 3.17. The summed E-state index contributed by atoms with van der Waals surface area (Å²) in [6.07, 6.45) is 1.69. The molecule has 2 N–H and O–H groups in total. The van der Waals surface area contributed by atoms with Crippen LogP contribution in [0.1, 0.15) is 10.5 Å². The molecule has 90 valence electrons. The summed E-state index contributed by atoms with van der Waals surface area (Å²) in [6, 6.07) is 6.85. The number of benzene rings is 1. The van der Waals surface area contributed by atoms with Crippen LogP contribution < -0.4 is 0 Å². The molecule has 0 unspecified atom stereocenters. The molecule has 3 aromatic rings. The van der Waals surface area contributed by atoms with Crippen LogP contribution in [-0.4, -0.2) is 21.2 Å². The molecule has 0 atom stereocenters. The number of hydrogen-bond acceptors (Lipinski definition) is 3. The van der Waals surface area contributed by atoms with E-state index in [1.54, 1.807) is 12.3 Å². The van der Waals surface area contributed by atoms with Gasteiger partial charge in [0, 0.05) is 28.7 Å². The second kappa shape index (κ2) is 3.89. The van der Waals surface area contributed by atoms with E-state index >= 15 is 0 Å². The van der Waals surface area contributed by atoms with Gasteiger partial charge in [0.1, 0.15) is 0 Å². The lowest BCUT2D eigenvalue weighted by Gasteiger charge is -1.96. The van der Waals surface area contributed by atoms with E-state index in [1.165, 1.54) is 6.07 Å². The van der Waals surface area contributed by atoms with Gasteiger partial charge in [-0.05, 0) is 6.07 Å². The molecule has 0 aliphatic carbocycles. The van der Waals surface area contributed by atoms with E-state index in [-0.39, 0.29) is 5.69 Å². The second-order valence-corrected chi connectivity index (χ2v) is 4.19. The first-order chi connectivity index (χ1) is 8.65. The van der Waals surface area contributed by atoms with Gasteiger partial charge >= 0.3 is 5.97 Å². The monoisotopic (exact) mass is 262 g/mol. The van der Waals surface area contributed by atoms with Crippen LogP contribution in [0.2, 0.25) is 5.02 Å². The molecular weight excluding hydrogens is 256 g/mol. The van der Waals surface area contributed by atoms with E-state index in [4.69, 9.17) is 21.2 Å². The van der Waals surface area contributed by atoms with Crippen LogP contribution in [0.15, 0.2) is 35.0 Å². The molecule has 0 radical (unpaired) electrons. The summed E-state index contributed by atoms with van der Waals surface area (Å²) in [4.78, 5) is 13.7. The Morgan fingerprint density at radius 3 is 2.94 bits per heavy atom. The average Bonchev–Trinajstić information content (AvgIpc) is 2.96. The standard InChI is InChI=1S/C12H7ClN2O3/c13-8-5-14-9-3-6(1-2-7(8)9)11-4-10(12(16)17)15-18-11/h1-5,14H,(H,16,17). The maximum atomic E-state index is 10.7. The number of halogens is 1. The van der Waals surface area contributed by atoms with Gasteiger partial charge in [-0.2, -0.15) is 0 Å². The molecule has 0 saturated heterocycles. The number of carbonyl (C=O) groups is 1. The van der Waals surface area contributed by atoms with Crippen molar-refractivity contribution in [3.63, 3.8) is 0 Å². The number of fused-ring (bicyclic) bond motifs is 1. The summed E-state index contributed by atoms with van der Waals surface area (Å²) >= 11 is 5.97. The molecule has 0 amide bonds. The van der Waals surface area contributed by atoms with Crippen LogP contribution in [0.4, 0.5) is 0 Å². The fraction of sp³-hybridized carbons (Fsp3) is 0. The van der Waals surface area contributed by atoms with Gasteiger partial charge < -0.3 is 14.6 Å². The highest BCUT2D eigenvalue weighted by Crippen LogP contribution is 2.28. The number of H-pyrrole nitrogens is 1. The minimum Gasteiger partial charge on any atom is -0.476 e. The lowest BCUT2D eigenvalue weighted by molar-refractivity contribution is 0.0686. The summed E-state index contributed by atoms with van der Waals surface area (Å²) in [6.45, 7) is 0. The van der Waals surface area contributed by atoms with E-state index in [0.717, 1.165) is 16.5 Å². The Labute approximate surface area is 106 Å². The summed E-state index contributed by atoms with van der Waals surface area (Å²) in [7, 11) is 0. The molecule has 0 bridgehead atoms. The van der Waals surface area contributed by atoms with Gasteiger partial charge in [0.25, 0.3) is 0 Å². The van der Waals surface area contributed by atoms with Crippen LogP contribution in [-0.2, 0) is 0 Å². The molecule has 0 fully saturated rings. The van der Waals surface area contributed by atoms with E-state index < -0.39 is 5.97 Å². The number of aromatic carboxylic acids is 1. The normalized spacial score (nSPS) is 10.9. The predicted molar refractivity (Wildman–Crippen MR) is 65.8 cm³/mol. The molecule has 5 nitrogen and oxygen atoms in total. The van der Waals surface area contributed by atoms with E-state index in [1.807, 2.05) is 12.1 Å².